The summed E-state index contributed by atoms with van der Waals surface area (Å²) in [6.45, 7) is 2.31. The van der Waals surface area contributed by atoms with Gasteiger partial charge in [0.25, 0.3) is 5.91 Å². The molecule has 0 atom stereocenters. The molecule has 0 aliphatic rings. The molecule has 0 saturated carbocycles. The standard InChI is InChI=1S/C23H19N3O2/c1-17-6-5-9-22(25-17)26-23(27)20(15-24)14-18-10-12-21(13-11-18)28-16-19-7-3-2-4-8-19/h2-14H,16H2,1H3,(H,25,26,27)/b20-14+. The van der Waals surface area contributed by atoms with Crippen LogP contribution in [-0.2, 0) is 11.4 Å². The molecule has 3 aromatic rings. The first kappa shape index (κ1) is 18.9. The lowest BCUT2D eigenvalue weighted by atomic mass is 10.1. The number of rotatable bonds is 6. The molecule has 1 amide bonds. The van der Waals surface area contributed by atoms with Gasteiger partial charge in [-0.15, -0.1) is 0 Å². The van der Waals surface area contributed by atoms with Crippen molar-refractivity contribution in [2.75, 3.05) is 5.32 Å². The van der Waals surface area contributed by atoms with Crippen molar-refractivity contribution < 1.29 is 9.53 Å². The van der Waals surface area contributed by atoms with Gasteiger partial charge >= 0.3 is 0 Å². The summed E-state index contributed by atoms with van der Waals surface area (Å²) in [5, 5.41) is 12.0. The molecule has 3 rings (SSSR count). The number of nitriles is 1. The summed E-state index contributed by atoms with van der Waals surface area (Å²) < 4.78 is 5.74. The number of amides is 1. The van der Waals surface area contributed by atoms with E-state index in [-0.39, 0.29) is 5.57 Å². The van der Waals surface area contributed by atoms with Gasteiger partial charge in [0.15, 0.2) is 0 Å². The third-order valence-electron chi connectivity index (χ3n) is 3.93. The van der Waals surface area contributed by atoms with Gasteiger partial charge in [-0.2, -0.15) is 5.26 Å². The maximum absolute atomic E-state index is 12.3. The molecule has 0 aliphatic carbocycles. The number of nitrogens with one attached hydrogen (secondary N) is 1. The van der Waals surface area contributed by atoms with E-state index in [0.29, 0.717) is 18.2 Å². The van der Waals surface area contributed by atoms with E-state index in [4.69, 9.17) is 4.74 Å². The Hall–Kier alpha value is -3.91. The van der Waals surface area contributed by atoms with Crippen LogP contribution in [0.2, 0.25) is 0 Å². The molecular formula is C23H19N3O2. The number of hydrogen-bond donors (Lipinski definition) is 1. The van der Waals surface area contributed by atoms with Crippen LogP contribution in [0.15, 0.2) is 78.4 Å². The summed E-state index contributed by atoms with van der Waals surface area (Å²) in [7, 11) is 0. The number of aryl methyl sites for hydroxylation is 1. The molecule has 0 saturated heterocycles. The first-order valence-corrected chi connectivity index (χ1v) is 8.77. The monoisotopic (exact) mass is 369 g/mol. The molecule has 1 aromatic heterocycles. The Labute approximate surface area is 163 Å². The predicted molar refractivity (Wildman–Crippen MR) is 108 cm³/mol. The highest BCUT2D eigenvalue weighted by Crippen LogP contribution is 2.17. The largest absolute Gasteiger partial charge is 0.489 e. The van der Waals surface area contributed by atoms with Crippen LogP contribution in [-0.4, -0.2) is 10.9 Å². The quantitative estimate of drug-likeness (QED) is 0.512. The number of nitrogens with zero attached hydrogens (tertiary/aromatic N) is 2. The van der Waals surface area contributed by atoms with Crippen molar-refractivity contribution in [3.63, 3.8) is 0 Å². The SMILES string of the molecule is Cc1cccc(NC(=O)/C(C#N)=C/c2ccc(OCc3ccccc3)cc2)n1. The van der Waals surface area contributed by atoms with Gasteiger partial charge in [0.05, 0.1) is 0 Å². The first-order chi connectivity index (χ1) is 13.6. The Morgan fingerprint density at radius 3 is 2.50 bits per heavy atom. The number of aromatic nitrogens is 1. The zero-order valence-electron chi connectivity index (χ0n) is 15.4. The highest BCUT2D eigenvalue weighted by Gasteiger charge is 2.10. The molecule has 2 aromatic carbocycles. The molecule has 0 radical (unpaired) electrons. The summed E-state index contributed by atoms with van der Waals surface area (Å²) in [5.41, 5.74) is 2.60. The molecule has 1 N–H and O–H groups in total. The Balaban J connectivity index is 1.65. The average Bonchev–Trinajstić information content (AvgIpc) is 2.72. The summed E-state index contributed by atoms with van der Waals surface area (Å²) in [6, 6.07) is 24.4. The van der Waals surface area contributed by atoms with E-state index in [1.165, 1.54) is 6.08 Å². The number of pyridine rings is 1. The van der Waals surface area contributed by atoms with Crippen molar-refractivity contribution >= 4 is 17.8 Å². The van der Waals surface area contributed by atoms with Crippen LogP contribution in [0.1, 0.15) is 16.8 Å². The number of benzene rings is 2. The van der Waals surface area contributed by atoms with Crippen LogP contribution in [0.5, 0.6) is 5.75 Å². The van der Waals surface area contributed by atoms with Gasteiger partial charge in [0.1, 0.15) is 29.8 Å². The van der Waals surface area contributed by atoms with Crippen LogP contribution in [0.3, 0.4) is 0 Å². The number of carbonyl (C=O) groups excluding carboxylic acids is 1. The molecule has 28 heavy (non-hydrogen) atoms. The van der Waals surface area contributed by atoms with Gasteiger partial charge in [-0.1, -0.05) is 48.5 Å². The van der Waals surface area contributed by atoms with E-state index in [0.717, 1.165) is 16.8 Å². The van der Waals surface area contributed by atoms with Crippen LogP contribution in [0.4, 0.5) is 5.82 Å². The molecular weight excluding hydrogens is 350 g/mol. The van der Waals surface area contributed by atoms with Crippen LogP contribution in [0.25, 0.3) is 6.08 Å². The lowest BCUT2D eigenvalue weighted by molar-refractivity contribution is -0.112. The first-order valence-electron chi connectivity index (χ1n) is 8.77. The second-order valence-corrected chi connectivity index (χ2v) is 6.13. The van der Waals surface area contributed by atoms with Crippen molar-refractivity contribution in [2.24, 2.45) is 0 Å². The van der Waals surface area contributed by atoms with E-state index in [2.05, 4.69) is 10.3 Å². The zero-order chi connectivity index (χ0) is 19.8. The van der Waals surface area contributed by atoms with E-state index < -0.39 is 5.91 Å². The van der Waals surface area contributed by atoms with Gasteiger partial charge in [-0.25, -0.2) is 4.98 Å². The fraction of sp³-hybridized carbons (Fsp3) is 0.0870. The fourth-order valence-corrected chi connectivity index (χ4v) is 2.51. The Morgan fingerprint density at radius 2 is 1.82 bits per heavy atom. The summed E-state index contributed by atoms with van der Waals surface area (Å²) in [4.78, 5) is 16.5. The van der Waals surface area contributed by atoms with Gasteiger partial charge in [-0.3, -0.25) is 4.79 Å². The molecule has 5 heteroatoms. The predicted octanol–water partition coefficient (Wildman–Crippen LogP) is 4.51. The summed E-state index contributed by atoms with van der Waals surface area (Å²) in [5.74, 6) is 0.633. The molecule has 0 aliphatic heterocycles. The molecule has 0 unspecified atom stereocenters. The van der Waals surface area contributed by atoms with Crippen molar-refractivity contribution in [3.05, 3.63) is 95.2 Å². The van der Waals surface area contributed by atoms with E-state index in [9.17, 15) is 10.1 Å². The normalized spacial score (nSPS) is 10.8. The fourth-order valence-electron chi connectivity index (χ4n) is 2.51. The van der Waals surface area contributed by atoms with Crippen molar-refractivity contribution in [1.29, 1.82) is 5.26 Å². The number of anilines is 1. The van der Waals surface area contributed by atoms with Crippen LogP contribution < -0.4 is 10.1 Å². The number of ether oxygens (including phenoxy) is 1. The summed E-state index contributed by atoms with van der Waals surface area (Å²) in [6.07, 6.45) is 1.53. The maximum atomic E-state index is 12.3. The molecule has 5 nitrogen and oxygen atoms in total. The third-order valence-corrected chi connectivity index (χ3v) is 3.93. The Kier molecular flexibility index (Phi) is 6.17. The molecule has 1 heterocycles. The van der Waals surface area contributed by atoms with E-state index in [1.807, 2.05) is 61.5 Å². The smallest absolute Gasteiger partial charge is 0.267 e. The van der Waals surface area contributed by atoms with Gasteiger partial charge in [0.2, 0.25) is 0 Å². The summed E-state index contributed by atoms with van der Waals surface area (Å²) >= 11 is 0. The topological polar surface area (TPSA) is 75.0 Å². The minimum absolute atomic E-state index is 0.00117. The van der Waals surface area contributed by atoms with Crippen LogP contribution in [0, 0.1) is 18.3 Å². The number of carbonyl (C=O) groups is 1. The minimum Gasteiger partial charge on any atom is -0.489 e. The van der Waals surface area contributed by atoms with Gasteiger partial charge < -0.3 is 10.1 Å². The van der Waals surface area contributed by atoms with Gasteiger partial charge in [-0.05, 0) is 48.4 Å². The highest BCUT2D eigenvalue weighted by atomic mass is 16.5. The maximum Gasteiger partial charge on any atom is 0.267 e. The second kappa shape index (κ2) is 9.15. The second-order valence-electron chi connectivity index (χ2n) is 6.13. The zero-order valence-corrected chi connectivity index (χ0v) is 15.4. The third kappa shape index (κ3) is 5.29. The molecule has 138 valence electrons. The molecule has 0 fully saturated rings. The van der Waals surface area contributed by atoms with Crippen molar-refractivity contribution in [1.82, 2.24) is 4.98 Å². The number of hydrogen-bond acceptors (Lipinski definition) is 4. The van der Waals surface area contributed by atoms with E-state index >= 15 is 0 Å². The lowest BCUT2D eigenvalue weighted by Gasteiger charge is -2.07. The highest BCUT2D eigenvalue weighted by molar-refractivity contribution is 6.09. The Bertz CT molecular complexity index is 1020. The van der Waals surface area contributed by atoms with Crippen molar-refractivity contribution in [3.8, 4) is 11.8 Å². The van der Waals surface area contributed by atoms with Crippen LogP contribution >= 0.6 is 0 Å². The van der Waals surface area contributed by atoms with E-state index in [1.54, 1.807) is 24.3 Å². The Morgan fingerprint density at radius 1 is 1.07 bits per heavy atom. The minimum atomic E-state index is -0.495. The molecule has 0 bridgehead atoms. The lowest BCUT2D eigenvalue weighted by Crippen LogP contribution is -2.14. The van der Waals surface area contributed by atoms with Crippen molar-refractivity contribution in [2.45, 2.75) is 13.5 Å². The average molecular weight is 369 g/mol. The molecule has 0 spiro atoms. The van der Waals surface area contributed by atoms with Gasteiger partial charge in [0, 0.05) is 5.69 Å².